The Morgan fingerprint density at radius 2 is 2.18 bits per heavy atom. The summed E-state index contributed by atoms with van der Waals surface area (Å²) in [5.74, 6) is 0.107. The molecular weight excluding hydrogens is 284 g/mol. The molecule has 1 aliphatic rings. The lowest BCUT2D eigenvalue weighted by Gasteiger charge is -2.33. The average Bonchev–Trinajstić information content (AvgIpc) is 2.49. The summed E-state index contributed by atoms with van der Waals surface area (Å²) in [5, 5.41) is 9.63. The molecule has 120 valence electrons. The molecule has 1 heterocycles. The predicted octanol–water partition coefficient (Wildman–Crippen LogP) is 1.76. The highest BCUT2D eigenvalue weighted by molar-refractivity contribution is 6.03. The van der Waals surface area contributed by atoms with Gasteiger partial charge in [-0.15, -0.1) is 0 Å². The fourth-order valence-corrected chi connectivity index (χ4v) is 2.33. The van der Waals surface area contributed by atoms with Gasteiger partial charge in [-0.05, 0) is 25.5 Å². The first-order chi connectivity index (χ1) is 10.4. The lowest BCUT2D eigenvalue weighted by atomic mass is 10.1. The highest BCUT2D eigenvalue weighted by Crippen LogP contribution is 2.36. The molecule has 1 unspecified atom stereocenters. The van der Waals surface area contributed by atoms with Gasteiger partial charge >= 0.3 is 0 Å². The predicted molar refractivity (Wildman–Crippen MR) is 83.1 cm³/mol. The van der Waals surface area contributed by atoms with Crippen LogP contribution >= 0.6 is 0 Å². The smallest absolute Gasteiger partial charge is 0.268 e. The number of unbranched alkanes of at least 4 members (excludes halogenated alkanes) is 1. The number of hydrogen-bond donors (Lipinski definition) is 1. The number of fused-ring (bicyclic) bond motifs is 1. The molecule has 0 aliphatic carbocycles. The molecule has 6 nitrogen and oxygen atoms in total. The highest BCUT2D eigenvalue weighted by Gasteiger charge is 2.33. The van der Waals surface area contributed by atoms with Crippen molar-refractivity contribution in [2.45, 2.75) is 32.8 Å². The molecule has 6 heteroatoms. The van der Waals surface area contributed by atoms with E-state index in [-0.39, 0.29) is 24.1 Å². The Hall–Kier alpha value is -2.24. The van der Waals surface area contributed by atoms with Gasteiger partial charge in [0.2, 0.25) is 5.91 Å². The lowest BCUT2D eigenvalue weighted by molar-refractivity contribution is -0.132. The molecule has 22 heavy (non-hydrogen) atoms. The molecule has 0 aromatic heterocycles. The second kappa shape index (κ2) is 6.68. The summed E-state index contributed by atoms with van der Waals surface area (Å²) in [6.07, 6.45) is 1.28. The largest absolute Gasteiger partial charge is 0.508 e. The van der Waals surface area contributed by atoms with Gasteiger partial charge in [0.05, 0.1) is 5.69 Å². The van der Waals surface area contributed by atoms with E-state index in [2.05, 4.69) is 6.92 Å². The monoisotopic (exact) mass is 306 g/mol. The van der Waals surface area contributed by atoms with Crippen molar-refractivity contribution in [2.75, 3.05) is 25.0 Å². The first-order valence-corrected chi connectivity index (χ1v) is 7.49. The summed E-state index contributed by atoms with van der Waals surface area (Å²) in [6, 6.07) is 4.54. The van der Waals surface area contributed by atoms with Crippen molar-refractivity contribution in [2.24, 2.45) is 0 Å². The summed E-state index contributed by atoms with van der Waals surface area (Å²) in [5.41, 5.74) is 0.431. The molecule has 1 atom stereocenters. The molecule has 2 rings (SSSR count). The number of aromatic hydroxyl groups is 1. The minimum Gasteiger partial charge on any atom is -0.508 e. The number of likely N-dealkylation sites (N-methyl/N-ethyl adjacent to an activating group) is 1. The van der Waals surface area contributed by atoms with Crippen LogP contribution in [0.5, 0.6) is 11.5 Å². The van der Waals surface area contributed by atoms with E-state index < -0.39 is 6.10 Å². The SMILES string of the molecule is CCCCN(C)C(=O)CN1C(=O)C(C)Oc2ccc(O)cc21. The van der Waals surface area contributed by atoms with Crippen molar-refractivity contribution in [3.05, 3.63) is 18.2 Å². The van der Waals surface area contributed by atoms with Crippen LogP contribution in [0.2, 0.25) is 0 Å². The lowest BCUT2D eigenvalue weighted by Crippen LogP contribution is -2.49. The van der Waals surface area contributed by atoms with E-state index in [1.165, 1.54) is 17.0 Å². The number of phenolic OH excluding ortho intramolecular Hbond substituents is 1. The van der Waals surface area contributed by atoms with Crippen LogP contribution in [-0.2, 0) is 9.59 Å². The third kappa shape index (κ3) is 3.32. The van der Waals surface area contributed by atoms with Crippen LogP contribution in [0, 0.1) is 0 Å². The van der Waals surface area contributed by atoms with Gasteiger partial charge in [0.1, 0.15) is 18.0 Å². The topological polar surface area (TPSA) is 70.1 Å². The molecule has 2 amide bonds. The Labute approximate surface area is 130 Å². The van der Waals surface area contributed by atoms with E-state index in [1.807, 2.05) is 0 Å². The summed E-state index contributed by atoms with van der Waals surface area (Å²) >= 11 is 0. The van der Waals surface area contributed by atoms with Crippen molar-refractivity contribution < 1.29 is 19.4 Å². The van der Waals surface area contributed by atoms with Crippen molar-refractivity contribution in [3.8, 4) is 11.5 Å². The van der Waals surface area contributed by atoms with Gasteiger partial charge in [0, 0.05) is 19.7 Å². The first kappa shape index (κ1) is 16.1. The van der Waals surface area contributed by atoms with E-state index >= 15 is 0 Å². The van der Waals surface area contributed by atoms with Crippen LogP contribution in [0.25, 0.3) is 0 Å². The molecule has 0 saturated carbocycles. The Morgan fingerprint density at radius 1 is 1.45 bits per heavy atom. The number of rotatable bonds is 5. The average molecular weight is 306 g/mol. The van der Waals surface area contributed by atoms with Gasteiger partial charge in [-0.1, -0.05) is 13.3 Å². The Bertz CT molecular complexity index is 573. The molecule has 1 N–H and O–H groups in total. The van der Waals surface area contributed by atoms with Crippen LogP contribution in [0.1, 0.15) is 26.7 Å². The number of nitrogens with zero attached hydrogens (tertiary/aromatic N) is 2. The molecular formula is C16H22N2O4. The van der Waals surface area contributed by atoms with E-state index in [0.29, 0.717) is 18.0 Å². The highest BCUT2D eigenvalue weighted by atomic mass is 16.5. The molecule has 1 aliphatic heterocycles. The first-order valence-electron chi connectivity index (χ1n) is 7.49. The van der Waals surface area contributed by atoms with Crippen LogP contribution in [0.15, 0.2) is 18.2 Å². The molecule has 0 fully saturated rings. The zero-order valence-electron chi connectivity index (χ0n) is 13.2. The van der Waals surface area contributed by atoms with Crippen molar-refractivity contribution >= 4 is 17.5 Å². The molecule has 0 saturated heterocycles. The summed E-state index contributed by atoms with van der Waals surface area (Å²) in [4.78, 5) is 27.6. The minimum absolute atomic E-state index is 0.0292. The second-order valence-electron chi connectivity index (χ2n) is 5.51. The third-order valence-corrected chi connectivity index (χ3v) is 3.72. The number of phenols is 1. The van der Waals surface area contributed by atoms with Crippen molar-refractivity contribution in [3.63, 3.8) is 0 Å². The van der Waals surface area contributed by atoms with Crippen LogP contribution in [0.3, 0.4) is 0 Å². The zero-order valence-corrected chi connectivity index (χ0v) is 13.2. The molecule has 0 spiro atoms. The molecule has 1 aromatic carbocycles. The second-order valence-corrected chi connectivity index (χ2v) is 5.51. The summed E-state index contributed by atoms with van der Waals surface area (Å²) in [6.45, 7) is 4.32. The number of anilines is 1. The number of benzene rings is 1. The fraction of sp³-hybridized carbons (Fsp3) is 0.500. The van der Waals surface area contributed by atoms with E-state index in [9.17, 15) is 14.7 Å². The zero-order chi connectivity index (χ0) is 16.3. The van der Waals surface area contributed by atoms with Crippen molar-refractivity contribution in [1.29, 1.82) is 0 Å². The van der Waals surface area contributed by atoms with Gasteiger partial charge in [-0.2, -0.15) is 0 Å². The fourth-order valence-electron chi connectivity index (χ4n) is 2.33. The number of carbonyl (C=O) groups is 2. The summed E-state index contributed by atoms with van der Waals surface area (Å²) in [7, 11) is 1.73. The Balaban J connectivity index is 2.20. The maximum Gasteiger partial charge on any atom is 0.268 e. The number of carbonyl (C=O) groups excluding carboxylic acids is 2. The van der Waals surface area contributed by atoms with Crippen LogP contribution in [-0.4, -0.2) is 48.1 Å². The number of ether oxygens (including phenoxy) is 1. The van der Waals surface area contributed by atoms with E-state index in [1.54, 1.807) is 24.9 Å². The molecule has 1 aromatic rings. The number of amides is 2. The summed E-state index contributed by atoms with van der Waals surface area (Å²) < 4.78 is 5.51. The third-order valence-electron chi connectivity index (χ3n) is 3.72. The quantitative estimate of drug-likeness (QED) is 0.900. The van der Waals surface area contributed by atoms with Gasteiger partial charge in [0.25, 0.3) is 5.91 Å². The minimum atomic E-state index is -0.647. The number of hydrogen-bond acceptors (Lipinski definition) is 4. The maximum atomic E-state index is 12.3. The Kier molecular flexibility index (Phi) is 4.90. The van der Waals surface area contributed by atoms with Crippen LogP contribution < -0.4 is 9.64 Å². The van der Waals surface area contributed by atoms with Crippen molar-refractivity contribution in [1.82, 2.24) is 4.90 Å². The maximum absolute atomic E-state index is 12.3. The molecule has 0 radical (unpaired) electrons. The van der Waals surface area contributed by atoms with E-state index in [4.69, 9.17) is 4.74 Å². The standard InChI is InChI=1S/C16H22N2O4/c1-4-5-8-17(3)15(20)10-18-13-9-12(19)6-7-14(13)22-11(2)16(18)21/h6-7,9,11,19H,4-5,8,10H2,1-3H3. The van der Waals surface area contributed by atoms with Gasteiger partial charge in [-0.25, -0.2) is 0 Å². The van der Waals surface area contributed by atoms with Gasteiger partial charge < -0.3 is 14.7 Å². The van der Waals surface area contributed by atoms with Crippen LogP contribution in [0.4, 0.5) is 5.69 Å². The Morgan fingerprint density at radius 3 is 2.86 bits per heavy atom. The van der Waals surface area contributed by atoms with Gasteiger partial charge in [0.15, 0.2) is 6.10 Å². The molecule has 0 bridgehead atoms. The van der Waals surface area contributed by atoms with Gasteiger partial charge in [-0.3, -0.25) is 14.5 Å². The normalized spacial score (nSPS) is 17.0. The van der Waals surface area contributed by atoms with E-state index in [0.717, 1.165) is 12.8 Å².